The van der Waals surface area contributed by atoms with Crippen molar-refractivity contribution in [2.45, 2.75) is 58.0 Å². The van der Waals surface area contributed by atoms with E-state index in [4.69, 9.17) is 0 Å². The minimum absolute atomic E-state index is 0.0384. The summed E-state index contributed by atoms with van der Waals surface area (Å²) in [5.41, 5.74) is 0. The molecule has 2 fully saturated rings. The molecule has 0 radical (unpaired) electrons. The van der Waals surface area contributed by atoms with Gasteiger partial charge in [0.1, 0.15) is 0 Å². The molecule has 13 heavy (non-hydrogen) atoms. The molecular weight excluding hydrogens is 160 g/mol. The van der Waals surface area contributed by atoms with Crippen LogP contribution in [-0.4, -0.2) is 11.2 Å². The maximum absolute atomic E-state index is 10.1. The van der Waals surface area contributed by atoms with Crippen LogP contribution in [0.4, 0.5) is 0 Å². The third-order valence-corrected chi connectivity index (χ3v) is 4.09. The molecule has 3 atom stereocenters. The largest absolute Gasteiger partial charge is 0.393 e. The molecule has 0 aromatic carbocycles. The lowest BCUT2D eigenvalue weighted by Crippen LogP contribution is -2.35. The lowest BCUT2D eigenvalue weighted by Gasteiger charge is -2.38. The smallest absolute Gasteiger partial charge is 0.0596 e. The molecule has 2 aliphatic rings. The monoisotopic (exact) mass is 182 g/mol. The van der Waals surface area contributed by atoms with Gasteiger partial charge in [-0.05, 0) is 43.4 Å². The Labute approximate surface area is 81.5 Å². The van der Waals surface area contributed by atoms with E-state index in [1.807, 2.05) is 0 Å². The Morgan fingerprint density at radius 1 is 1.00 bits per heavy atom. The van der Waals surface area contributed by atoms with E-state index in [2.05, 4.69) is 6.92 Å². The van der Waals surface area contributed by atoms with E-state index >= 15 is 0 Å². The maximum atomic E-state index is 10.1. The van der Waals surface area contributed by atoms with Crippen LogP contribution in [-0.2, 0) is 0 Å². The van der Waals surface area contributed by atoms with Gasteiger partial charge in [0.15, 0.2) is 0 Å². The minimum atomic E-state index is 0.0384. The van der Waals surface area contributed by atoms with Gasteiger partial charge < -0.3 is 5.11 Å². The Morgan fingerprint density at radius 2 is 1.62 bits per heavy atom. The Bertz CT molecular complexity index is 163. The zero-order valence-electron chi connectivity index (χ0n) is 8.71. The fraction of sp³-hybridized carbons (Fsp3) is 1.00. The van der Waals surface area contributed by atoms with E-state index in [-0.39, 0.29) is 6.10 Å². The van der Waals surface area contributed by atoms with E-state index in [9.17, 15) is 5.11 Å². The second-order valence-corrected chi connectivity index (χ2v) is 5.21. The van der Waals surface area contributed by atoms with Crippen LogP contribution in [0, 0.1) is 17.8 Å². The molecular formula is C12H22O. The van der Waals surface area contributed by atoms with Gasteiger partial charge in [-0.1, -0.05) is 26.2 Å². The molecule has 2 rings (SSSR count). The van der Waals surface area contributed by atoms with Crippen molar-refractivity contribution in [3.05, 3.63) is 0 Å². The molecule has 1 N–H and O–H groups in total. The van der Waals surface area contributed by atoms with Gasteiger partial charge in [-0.25, -0.2) is 0 Å². The lowest BCUT2D eigenvalue weighted by atomic mass is 9.71. The van der Waals surface area contributed by atoms with Crippen molar-refractivity contribution in [3.8, 4) is 0 Å². The van der Waals surface area contributed by atoms with Crippen molar-refractivity contribution < 1.29 is 5.11 Å². The van der Waals surface area contributed by atoms with Crippen LogP contribution in [0.5, 0.6) is 0 Å². The average Bonchev–Trinajstić information content (AvgIpc) is 2.01. The number of hydrogen-bond acceptors (Lipinski definition) is 1. The molecule has 0 bridgehead atoms. The number of rotatable bonds is 2. The van der Waals surface area contributed by atoms with E-state index < -0.39 is 0 Å². The summed E-state index contributed by atoms with van der Waals surface area (Å²) in [4.78, 5) is 0. The average molecular weight is 182 g/mol. The van der Waals surface area contributed by atoms with Gasteiger partial charge >= 0.3 is 0 Å². The van der Waals surface area contributed by atoms with Gasteiger partial charge in [0.05, 0.1) is 6.10 Å². The third kappa shape index (κ3) is 2.07. The van der Waals surface area contributed by atoms with E-state index in [1.54, 1.807) is 0 Å². The second kappa shape index (κ2) is 4.00. The Hall–Kier alpha value is -0.0400. The van der Waals surface area contributed by atoms with Crippen molar-refractivity contribution in [1.29, 1.82) is 0 Å². The topological polar surface area (TPSA) is 20.2 Å². The Morgan fingerprint density at radius 3 is 2.15 bits per heavy atom. The third-order valence-electron chi connectivity index (χ3n) is 4.09. The molecule has 0 heterocycles. The van der Waals surface area contributed by atoms with Gasteiger partial charge in [-0.15, -0.1) is 0 Å². The molecule has 0 aromatic rings. The number of hydrogen-bond donors (Lipinski definition) is 1. The van der Waals surface area contributed by atoms with Crippen LogP contribution in [0.25, 0.3) is 0 Å². The highest BCUT2D eigenvalue weighted by Gasteiger charge is 2.33. The van der Waals surface area contributed by atoms with Crippen molar-refractivity contribution in [3.63, 3.8) is 0 Å². The first-order chi connectivity index (χ1) is 6.27. The maximum Gasteiger partial charge on any atom is 0.0596 e. The van der Waals surface area contributed by atoms with Gasteiger partial charge in [-0.2, -0.15) is 0 Å². The minimum Gasteiger partial charge on any atom is -0.393 e. The number of aliphatic hydroxyl groups is 1. The molecule has 0 aliphatic heterocycles. The first kappa shape index (κ1) is 9.51. The van der Waals surface area contributed by atoms with Crippen LogP contribution in [0.1, 0.15) is 51.9 Å². The van der Waals surface area contributed by atoms with Crippen molar-refractivity contribution in [2.24, 2.45) is 17.8 Å². The van der Waals surface area contributed by atoms with E-state index in [0.717, 1.165) is 5.92 Å². The molecule has 0 amide bonds. The summed E-state index contributed by atoms with van der Waals surface area (Å²) in [6, 6.07) is 0. The molecule has 1 nitrogen and oxygen atoms in total. The summed E-state index contributed by atoms with van der Waals surface area (Å²) >= 11 is 0. The summed E-state index contributed by atoms with van der Waals surface area (Å²) in [5, 5.41) is 10.1. The van der Waals surface area contributed by atoms with Crippen LogP contribution in [0.15, 0.2) is 0 Å². The fourth-order valence-corrected chi connectivity index (χ4v) is 2.96. The summed E-state index contributed by atoms with van der Waals surface area (Å²) < 4.78 is 0. The predicted molar refractivity (Wildman–Crippen MR) is 54.5 cm³/mol. The predicted octanol–water partition coefficient (Wildman–Crippen LogP) is 2.97. The Balaban J connectivity index is 1.83. The zero-order valence-corrected chi connectivity index (χ0v) is 8.71. The van der Waals surface area contributed by atoms with Gasteiger partial charge in [-0.3, -0.25) is 0 Å². The van der Waals surface area contributed by atoms with Crippen LogP contribution >= 0.6 is 0 Å². The summed E-state index contributed by atoms with van der Waals surface area (Å²) in [5.74, 6) is 2.15. The van der Waals surface area contributed by atoms with Crippen LogP contribution in [0.2, 0.25) is 0 Å². The molecule has 0 spiro atoms. The quantitative estimate of drug-likeness (QED) is 0.696. The van der Waals surface area contributed by atoms with Gasteiger partial charge in [0.2, 0.25) is 0 Å². The normalized spacial score (nSPS) is 38.3. The SMILES string of the molecule is CC1CCCC(C(O)C2CCC2)C1. The highest BCUT2D eigenvalue weighted by Crippen LogP contribution is 2.39. The number of aliphatic hydroxyl groups excluding tert-OH is 1. The Kier molecular flexibility index (Phi) is 2.92. The summed E-state index contributed by atoms with van der Waals surface area (Å²) in [6.07, 6.45) is 9.24. The van der Waals surface area contributed by atoms with Crippen LogP contribution < -0.4 is 0 Å². The van der Waals surface area contributed by atoms with E-state index in [0.29, 0.717) is 11.8 Å². The van der Waals surface area contributed by atoms with Crippen molar-refractivity contribution in [1.82, 2.24) is 0 Å². The summed E-state index contributed by atoms with van der Waals surface area (Å²) in [6.45, 7) is 2.33. The summed E-state index contributed by atoms with van der Waals surface area (Å²) in [7, 11) is 0. The highest BCUT2D eigenvalue weighted by molar-refractivity contribution is 4.84. The van der Waals surface area contributed by atoms with Crippen molar-refractivity contribution >= 4 is 0 Å². The molecule has 0 aromatic heterocycles. The molecule has 0 saturated heterocycles. The first-order valence-electron chi connectivity index (χ1n) is 5.95. The first-order valence-corrected chi connectivity index (χ1v) is 5.95. The molecule has 76 valence electrons. The van der Waals surface area contributed by atoms with Crippen LogP contribution in [0.3, 0.4) is 0 Å². The fourth-order valence-electron chi connectivity index (χ4n) is 2.96. The molecule has 3 unspecified atom stereocenters. The van der Waals surface area contributed by atoms with Gasteiger partial charge in [0, 0.05) is 0 Å². The molecule has 1 heteroatoms. The lowest BCUT2D eigenvalue weighted by molar-refractivity contribution is -0.00528. The zero-order chi connectivity index (χ0) is 9.26. The molecule has 2 saturated carbocycles. The van der Waals surface area contributed by atoms with Gasteiger partial charge in [0.25, 0.3) is 0 Å². The van der Waals surface area contributed by atoms with Crippen molar-refractivity contribution in [2.75, 3.05) is 0 Å². The second-order valence-electron chi connectivity index (χ2n) is 5.21. The standard InChI is InChI=1S/C12H22O/c1-9-4-2-7-11(8-9)12(13)10-5-3-6-10/h9-13H,2-8H2,1H3. The highest BCUT2D eigenvalue weighted by atomic mass is 16.3. The van der Waals surface area contributed by atoms with E-state index in [1.165, 1.54) is 44.9 Å². The molecule has 2 aliphatic carbocycles.